The zero-order valence-corrected chi connectivity index (χ0v) is 8.49. The van der Waals surface area contributed by atoms with Gasteiger partial charge in [0, 0.05) is 24.1 Å². The Morgan fingerprint density at radius 2 is 2.29 bits per heavy atom. The van der Waals surface area contributed by atoms with E-state index in [4.69, 9.17) is 15.2 Å². The standard InChI is InChI=1S/C11H15NO2/c1-7-5-10(12)9-4-3-8(13-2)6-11(9)14-7/h3-4,6-7,10H,5,12H2,1-2H3/t7?,10-/m1/s1. The Labute approximate surface area is 83.8 Å². The number of ether oxygens (including phenoxy) is 2. The van der Waals surface area contributed by atoms with Gasteiger partial charge >= 0.3 is 0 Å². The minimum absolute atomic E-state index is 0.0830. The van der Waals surface area contributed by atoms with Gasteiger partial charge in [-0.15, -0.1) is 0 Å². The lowest BCUT2D eigenvalue weighted by atomic mass is 9.98. The molecule has 1 aromatic rings. The Morgan fingerprint density at radius 3 is 3.00 bits per heavy atom. The molecule has 0 aliphatic carbocycles. The summed E-state index contributed by atoms with van der Waals surface area (Å²) in [5.74, 6) is 1.67. The number of hydrogen-bond donors (Lipinski definition) is 1. The molecule has 2 N–H and O–H groups in total. The van der Waals surface area contributed by atoms with E-state index in [0.717, 1.165) is 23.5 Å². The zero-order valence-electron chi connectivity index (χ0n) is 8.49. The van der Waals surface area contributed by atoms with Crippen molar-refractivity contribution in [3.63, 3.8) is 0 Å². The summed E-state index contributed by atoms with van der Waals surface area (Å²) in [6.45, 7) is 2.03. The van der Waals surface area contributed by atoms with Crippen LogP contribution in [0.5, 0.6) is 11.5 Å². The van der Waals surface area contributed by atoms with Crippen LogP contribution < -0.4 is 15.2 Å². The van der Waals surface area contributed by atoms with Crippen molar-refractivity contribution in [2.75, 3.05) is 7.11 Å². The second-order valence-electron chi connectivity index (χ2n) is 3.67. The molecule has 1 aliphatic rings. The van der Waals surface area contributed by atoms with E-state index in [1.54, 1.807) is 7.11 Å². The van der Waals surface area contributed by atoms with E-state index in [0.29, 0.717) is 0 Å². The molecule has 1 aromatic carbocycles. The smallest absolute Gasteiger partial charge is 0.128 e. The molecule has 0 radical (unpaired) electrons. The van der Waals surface area contributed by atoms with Crippen LogP contribution in [0.3, 0.4) is 0 Å². The molecule has 2 atom stereocenters. The number of methoxy groups -OCH3 is 1. The van der Waals surface area contributed by atoms with Gasteiger partial charge < -0.3 is 15.2 Å². The lowest BCUT2D eigenvalue weighted by Crippen LogP contribution is -2.27. The Morgan fingerprint density at radius 1 is 1.50 bits per heavy atom. The van der Waals surface area contributed by atoms with Crippen molar-refractivity contribution < 1.29 is 9.47 Å². The monoisotopic (exact) mass is 193 g/mol. The van der Waals surface area contributed by atoms with E-state index in [-0.39, 0.29) is 12.1 Å². The number of nitrogens with two attached hydrogens (primary N) is 1. The van der Waals surface area contributed by atoms with Gasteiger partial charge in [0.05, 0.1) is 13.2 Å². The third kappa shape index (κ3) is 1.55. The first-order chi connectivity index (χ1) is 6.70. The normalized spacial score (nSPS) is 25.1. The highest BCUT2D eigenvalue weighted by Gasteiger charge is 2.23. The molecular weight excluding hydrogens is 178 g/mol. The van der Waals surface area contributed by atoms with E-state index in [2.05, 4.69) is 0 Å². The van der Waals surface area contributed by atoms with E-state index in [1.807, 2.05) is 25.1 Å². The first-order valence-corrected chi connectivity index (χ1v) is 4.81. The summed E-state index contributed by atoms with van der Waals surface area (Å²) in [7, 11) is 1.65. The summed E-state index contributed by atoms with van der Waals surface area (Å²) >= 11 is 0. The van der Waals surface area contributed by atoms with Gasteiger partial charge in [-0.2, -0.15) is 0 Å². The fraction of sp³-hybridized carbons (Fsp3) is 0.455. The Bertz CT molecular complexity index is 338. The topological polar surface area (TPSA) is 44.5 Å². The molecule has 0 amide bonds. The van der Waals surface area contributed by atoms with Gasteiger partial charge in [-0.3, -0.25) is 0 Å². The molecule has 3 nitrogen and oxygen atoms in total. The van der Waals surface area contributed by atoms with Gasteiger partial charge in [0.1, 0.15) is 11.5 Å². The quantitative estimate of drug-likeness (QED) is 0.740. The predicted molar refractivity (Wildman–Crippen MR) is 54.6 cm³/mol. The molecule has 0 fully saturated rings. The maximum Gasteiger partial charge on any atom is 0.128 e. The predicted octanol–water partition coefficient (Wildman–Crippen LogP) is 1.87. The molecule has 0 aromatic heterocycles. The van der Waals surface area contributed by atoms with Crippen LogP contribution in [0.4, 0.5) is 0 Å². The summed E-state index contributed by atoms with van der Waals surface area (Å²) in [4.78, 5) is 0. The first-order valence-electron chi connectivity index (χ1n) is 4.81. The summed E-state index contributed by atoms with van der Waals surface area (Å²) in [6.07, 6.45) is 1.06. The van der Waals surface area contributed by atoms with Gasteiger partial charge in [0.2, 0.25) is 0 Å². The van der Waals surface area contributed by atoms with Gasteiger partial charge in [0.25, 0.3) is 0 Å². The van der Waals surface area contributed by atoms with E-state index in [9.17, 15) is 0 Å². The minimum atomic E-state index is 0.0830. The molecule has 3 heteroatoms. The summed E-state index contributed by atoms with van der Waals surface area (Å²) in [5.41, 5.74) is 7.08. The second kappa shape index (κ2) is 3.50. The lowest BCUT2D eigenvalue weighted by Gasteiger charge is -2.28. The van der Waals surface area contributed by atoms with E-state index >= 15 is 0 Å². The van der Waals surface area contributed by atoms with Gasteiger partial charge in [-0.05, 0) is 13.0 Å². The highest BCUT2D eigenvalue weighted by Crippen LogP contribution is 2.35. The highest BCUT2D eigenvalue weighted by atomic mass is 16.5. The second-order valence-corrected chi connectivity index (χ2v) is 3.67. The van der Waals surface area contributed by atoms with Crippen molar-refractivity contribution in [1.29, 1.82) is 0 Å². The van der Waals surface area contributed by atoms with Gasteiger partial charge in [-0.25, -0.2) is 0 Å². The Kier molecular flexibility index (Phi) is 2.33. The zero-order chi connectivity index (χ0) is 10.1. The number of fused-ring (bicyclic) bond motifs is 1. The maximum atomic E-state index is 6.01. The van der Waals surface area contributed by atoms with Crippen molar-refractivity contribution in [3.05, 3.63) is 23.8 Å². The number of hydrogen-bond acceptors (Lipinski definition) is 3. The molecule has 14 heavy (non-hydrogen) atoms. The first kappa shape index (κ1) is 9.34. The van der Waals surface area contributed by atoms with Crippen LogP contribution in [-0.4, -0.2) is 13.2 Å². The molecule has 1 heterocycles. The summed E-state index contributed by atoms with van der Waals surface area (Å²) in [5, 5.41) is 0. The van der Waals surface area contributed by atoms with Crippen LogP contribution in [0.1, 0.15) is 24.9 Å². The highest BCUT2D eigenvalue weighted by molar-refractivity contribution is 5.43. The van der Waals surface area contributed by atoms with Gasteiger partial charge in [0.15, 0.2) is 0 Å². The van der Waals surface area contributed by atoms with Crippen molar-refractivity contribution in [2.24, 2.45) is 5.73 Å². The third-order valence-electron chi connectivity index (χ3n) is 2.53. The Balaban J connectivity index is 2.39. The largest absolute Gasteiger partial charge is 0.497 e. The SMILES string of the molecule is COc1ccc2c(c1)OC(C)C[C@H]2N. The molecule has 2 rings (SSSR count). The number of benzene rings is 1. The molecule has 1 unspecified atom stereocenters. The van der Waals surface area contributed by atoms with Crippen LogP contribution in [0.2, 0.25) is 0 Å². The average molecular weight is 193 g/mol. The van der Waals surface area contributed by atoms with Crippen LogP contribution in [0, 0.1) is 0 Å². The molecule has 0 saturated heterocycles. The van der Waals surface area contributed by atoms with E-state index in [1.165, 1.54) is 0 Å². The van der Waals surface area contributed by atoms with E-state index < -0.39 is 0 Å². The fourth-order valence-electron chi connectivity index (χ4n) is 1.80. The van der Waals surface area contributed by atoms with Crippen molar-refractivity contribution in [1.82, 2.24) is 0 Å². The minimum Gasteiger partial charge on any atom is -0.497 e. The van der Waals surface area contributed by atoms with Crippen molar-refractivity contribution in [3.8, 4) is 11.5 Å². The number of rotatable bonds is 1. The third-order valence-corrected chi connectivity index (χ3v) is 2.53. The fourth-order valence-corrected chi connectivity index (χ4v) is 1.80. The summed E-state index contributed by atoms with van der Waals surface area (Å²) < 4.78 is 10.8. The molecular formula is C11H15NO2. The van der Waals surface area contributed by atoms with Gasteiger partial charge in [-0.1, -0.05) is 6.07 Å². The molecule has 0 saturated carbocycles. The molecule has 1 aliphatic heterocycles. The maximum absolute atomic E-state index is 6.01. The molecule has 76 valence electrons. The van der Waals surface area contributed by atoms with Crippen molar-refractivity contribution in [2.45, 2.75) is 25.5 Å². The van der Waals surface area contributed by atoms with Crippen LogP contribution in [0.15, 0.2) is 18.2 Å². The van der Waals surface area contributed by atoms with Crippen LogP contribution in [-0.2, 0) is 0 Å². The molecule has 0 spiro atoms. The average Bonchev–Trinajstić information content (AvgIpc) is 2.16. The summed E-state index contributed by atoms with van der Waals surface area (Å²) in [6, 6.07) is 5.87. The molecule has 0 bridgehead atoms. The van der Waals surface area contributed by atoms with Crippen LogP contribution in [0.25, 0.3) is 0 Å². The Hall–Kier alpha value is -1.22. The lowest BCUT2D eigenvalue weighted by molar-refractivity contribution is 0.176. The van der Waals surface area contributed by atoms with Crippen molar-refractivity contribution >= 4 is 0 Å². The van der Waals surface area contributed by atoms with Crippen LogP contribution >= 0.6 is 0 Å².